The molecule has 3 aromatic rings. The van der Waals surface area contributed by atoms with Gasteiger partial charge in [-0.3, -0.25) is 14.8 Å². The van der Waals surface area contributed by atoms with Crippen LogP contribution in [0.15, 0.2) is 46.5 Å². The second-order valence-corrected chi connectivity index (χ2v) is 10.2. The van der Waals surface area contributed by atoms with Gasteiger partial charge in [-0.15, -0.1) is 0 Å². The van der Waals surface area contributed by atoms with Crippen molar-refractivity contribution in [3.05, 3.63) is 47.8 Å². The average Bonchev–Trinajstić information content (AvgIpc) is 3.28. The first-order valence-electron chi connectivity index (χ1n) is 12.2. The molecule has 0 spiro atoms. The van der Waals surface area contributed by atoms with Gasteiger partial charge in [0, 0.05) is 55.4 Å². The Morgan fingerprint density at radius 1 is 1.24 bits per heavy atom. The molecule has 2 aromatic heterocycles. The summed E-state index contributed by atoms with van der Waals surface area (Å²) >= 11 is 1.45. The molecule has 0 aliphatic carbocycles. The lowest BCUT2D eigenvalue weighted by atomic mass is 10.0. The highest BCUT2D eigenvalue weighted by Gasteiger charge is 2.22. The fraction of sp³-hybridized carbons (Fsp3) is 0.385. The van der Waals surface area contributed by atoms with Gasteiger partial charge >= 0.3 is 0 Å². The maximum Gasteiger partial charge on any atom is 0.221 e. The molecule has 1 aliphatic rings. The smallest absolute Gasteiger partial charge is 0.221 e. The lowest BCUT2D eigenvalue weighted by Crippen LogP contribution is -2.34. The van der Waals surface area contributed by atoms with Crippen molar-refractivity contribution in [2.45, 2.75) is 30.3 Å². The number of carbonyl (C=O) groups is 1. The molecule has 10 nitrogen and oxygen atoms in total. The number of carbonyl (C=O) groups excluding carboxylic acids is 1. The number of anilines is 3. The van der Waals surface area contributed by atoms with E-state index in [1.165, 1.54) is 18.7 Å². The van der Waals surface area contributed by atoms with Crippen LogP contribution in [0.2, 0.25) is 0 Å². The highest BCUT2D eigenvalue weighted by Crippen LogP contribution is 2.38. The van der Waals surface area contributed by atoms with E-state index in [9.17, 15) is 4.79 Å². The predicted octanol–water partition coefficient (Wildman–Crippen LogP) is 4.02. The van der Waals surface area contributed by atoms with E-state index >= 15 is 0 Å². The van der Waals surface area contributed by atoms with Crippen LogP contribution in [0.1, 0.15) is 24.7 Å². The van der Waals surface area contributed by atoms with Crippen molar-refractivity contribution < 1.29 is 9.53 Å². The van der Waals surface area contributed by atoms with Gasteiger partial charge in [-0.1, -0.05) is 6.08 Å². The summed E-state index contributed by atoms with van der Waals surface area (Å²) in [4.78, 5) is 26.7. The minimum Gasteiger partial charge on any atom is -0.491 e. The van der Waals surface area contributed by atoms with Gasteiger partial charge in [-0.25, -0.2) is 9.97 Å². The van der Waals surface area contributed by atoms with Crippen molar-refractivity contribution in [2.75, 3.05) is 58.0 Å². The molecule has 0 radical (unpaired) electrons. The van der Waals surface area contributed by atoms with E-state index in [-0.39, 0.29) is 5.91 Å². The average molecular weight is 523 g/mol. The Balaban J connectivity index is 1.64. The largest absolute Gasteiger partial charge is 0.491 e. The molecule has 0 unspecified atom stereocenters. The van der Waals surface area contributed by atoms with Gasteiger partial charge < -0.3 is 20.3 Å². The number of amides is 1. The maximum absolute atomic E-state index is 11.3. The number of H-pyrrole nitrogens is 1. The summed E-state index contributed by atoms with van der Waals surface area (Å²) < 4.78 is 5.84. The number of nitrogens with zero attached hydrogens (tertiary/aromatic N) is 5. The van der Waals surface area contributed by atoms with E-state index in [0.29, 0.717) is 22.5 Å². The molecule has 4 rings (SSSR count). The van der Waals surface area contributed by atoms with Gasteiger partial charge in [0.1, 0.15) is 5.69 Å². The second-order valence-electron chi connectivity index (χ2n) is 9.19. The zero-order chi connectivity index (χ0) is 26.4. The highest BCUT2D eigenvalue weighted by molar-refractivity contribution is 7.99. The van der Waals surface area contributed by atoms with Gasteiger partial charge in [0.2, 0.25) is 5.91 Å². The molecule has 1 aliphatic heterocycles. The van der Waals surface area contributed by atoms with E-state index in [1.807, 2.05) is 37.3 Å². The van der Waals surface area contributed by atoms with Crippen LogP contribution in [0.4, 0.5) is 17.3 Å². The van der Waals surface area contributed by atoms with Crippen molar-refractivity contribution in [3.63, 3.8) is 0 Å². The summed E-state index contributed by atoms with van der Waals surface area (Å²) in [5.41, 5.74) is 3.62. The van der Waals surface area contributed by atoms with Gasteiger partial charge in [-0.2, -0.15) is 5.10 Å². The third-order valence-corrected chi connectivity index (χ3v) is 6.72. The molecule has 0 atom stereocenters. The summed E-state index contributed by atoms with van der Waals surface area (Å²) in [5.74, 6) is 1.71. The standard InChI is InChI=1S/C26H34N8O2S/c1-17-16-22(32-31-17)28-25-24(36-5)23(19-10-12-34(13-11-19)15-14-33(3)4)29-26(30-25)37-21-8-6-20(7-9-21)27-18(2)35/h6-10,16H,11-15H2,1-5H3,(H,27,35)(H2,28,29,30,31,32). The van der Waals surface area contributed by atoms with Crippen LogP contribution >= 0.6 is 11.8 Å². The van der Waals surface area contributed by atoms with Crippen molar-refractivity contribution >= 4 is 40.6 Å². The summed E-state index contributed by atoms with van der Waals surface area (Å²) in [6.45, 7) is 7.32. The van der Waals surface area contributed by atoms with Crippen LogP contribution in [0.3, 0.4) is 0 Å². The zero-order valence-corrected chi connectivity index (χ0v) is 22.8. The first-order chi connectivity index (χ1) is 17.8. The molecule has 196 valence electrons. The van der Waals surface area contributed by atoms with Gasteiger partial charge in [0.15, 0.2) is 22.5 Å². The number of methoxy groups -OCH3 is 1. The number of aromatic nitrogens is 4. The first kappa shape index (κ1) is 26.6. The molecule has 0 saturated heterocycles. The minimum absolute atomic E-state index is 0.103. The molecule has 1 amide bonds. The molecule has 3 heterocycles. The molecular weight excluding hydrogens is 488 g/mol. The number of ether oxygens (including phenoxy) is 1. The van der Waals surface area contributed by atoms with Crippen molar-refractivity contribution in [2.24, 2.45) is 0 Å². The third-order valence-electron chi connectivity index (χ3n) is 5.85. The topological polar surface area (TPSA) is 111 Å². The fourth-order valence-electron chi connectivity index (χ4n) is 3.96. The number of benzene rings is 1. The van der Waals surface area contributed by atoms with Crippen molar-refractivity contribution in [1.29, 1.82) is 0 Å². The summed E-state index contributed by atoms with van der Waals surface area (Å²) in [6.07, 6.45) is 3.11. The second kappa shape index (κ2) is 12.2. The van der Waals surface area contributed by atoms with E-state index in [4.69, 9.17) is 14.7 Å². The number of rotatable bonds is 10. The molecule has 3 N–H and O–H groups in total. The summed E-state index contributed by atoms with van der Waals surface area (Å²) in [6, 6.07) is 9.53. The molecule has 1 aromatic carbocycles. The lowest BCUT2D eigenvalue weighted by molar-refractivity contribution is -0.114. The minimum atomic E-state index is -0.103. The van der Waals surface area contributed by atoms with Crippen LogP contribution < -0.4 is 15.4 Å². The molecule has 37 heavy (non-hydrogen) atoms. The van der Waals surface area contributed by atoms with Crippen LogP contribution in [0, 0.1) is 6.92 Å². The highest BCUT2D eigenvalue weighted by atomic mass is 32.2. The SMILES string of the molecule is COc1c(Nc2cc(C)[nH]n2)nc(Sc2ccc(NC(C)=O)cc2)nc1C1=CCN(CCN(C)C)CC1. The van der Waals surface area contributed by atoms with Gasteiger partial charge in [0.05, 0.1) is 7.11 Å². The monoisotopic (exact) mass is 522 g/mol. The number of aryl methyl sites for hydroxylation is 1. The van der Waals surface area contributed by atoms with Crippen LogP contribution in [-0.4, -0.2) is 83.3 Å². The predicted molar refractivity (Wildman–Crippen MR) is 148 cm³/mol. The Hall–Kier alpha value is -3.41. The summed E-state index contributed by atoms with van der Waals surface area (Å²) in [7, 11) is 5.83. The first-order valence-corrected chi connectivity index (χ1v) is 13.0. The Morgan fingerprint density at radius 2 is 2.03 bits per heavy atom. The lowest BCUT2D eigenvalue weighted by Gasteiger charge is -2.28. The Labute approximate surface area is 221 Å². The van der Waals surface area contributed by atoms with Crippen LogP contribution in [-0.2, 0) is 4.79 Å². The summed E-state index contributed by atoms with van der Waals surface area (Å²) in [5, 5.41) is 13.9. The fourth-order valence-corrected chi connectivity index (χ4v) is 4.72. The molecule has 11 heteroatoms. The van der Waals surface area contributed by atoms with E-state index in [1.54, 1.807) is 7.11 Å². The Bertz CT molecular complexity index is 1260. The normalized spacial score (nSPS) is 13.9. The van der Waals surface area contributed by atoms with E-state index < -0.39 is 0 Å². The molecular formula is C26H34N8O2S. The zero-order valence-electron chi connectivity index (χ0n) is 22.0. The van der Waals surface area contributed by atoms with Gasteiger partial charge in [-0.05, 0) is 69.0 Å². The molecule has 0 saturated carbocycles. The van der Waals surface area contributed by atoms with Gasteiger partial charge in [0.25, 0.3) is 0 Å². The maximum atomic E-state index is 11.3. The van der Waals surface area contributed by atoms with E-state index in [2.05, 4.69) is 50.8 Å². The van der Waals surface area contributed by atoms with Crippen molar-refractivity contribution in [1.82, 2.24) is 30.0 Å². The van der Waals surface area contributed by atoms with Crippen molar-refractivity contribution in [3.8, 4) is 5.75 Å². The number of hydrogen-bond donors (Lipinski definition) is 3. The van der Waals surface area contributed by atoms with Crippen LogP contribution in [0.5, 0.6) is 5.75 Å². The van der Waals surface area contributed by atoms with Crippen LogP contribution in [0.25, 0.3) is 5.57 Å². The third kappa shape index (κ3) is 7.31. The quantitative estimate of drug-likeness (QED) is 0.340. The number of hydrogen-bond acceptors (Lipinski definition) is 9. The molecule has 0 fully saturated rings. The molecule has 0 bridgehead atoms. The number of likely N-dealkylation sites (N-methyl/N-ethyl adjacent to an activating group) is 1. The van der Waals surface area contributed by atoms with E-state index in [0.717, 1.165) is 60.1 Å². The number of nitrogens with one attached hydrogen (secondary N) is 3. The number of aromatic amines is 1. The Kier molecular flexibility index (Phi) is 8.80. The Morgan fingerprint density at radius 3 is 2.62 bits per heavy atom.